The molecule has 0 saturated heterocycles. The Kier molecular flexibility index (Phi) is 5.21. The number of nitrogens with zero attached hydrogens (tertiary/aromatic N) is 3. The van der Waals surface area contributed by atoms with Crippen LogP contribution in [0.1, 0.15) is 23.9 Å². The number of rotatable bonds is 3. The predicted octanol–water partition coefficient (Wildman–Crippen LogP) is 4.71. The van der Waals surface area contributed by atoms with Crippen LogP contribution >= 0.6 is 11.8 Å². The summed E-state index contributed by atoms with van der Waals surface area (Å²) in [5.41, 5.74) is 2.55. The lowest BCUT2D eigenvalue weighted by Gasteiger charge is -2.30. The molecule has 29 heavy (non-hydrogen) atoms. The average Bonchev–Trinajstić information content (AvgIpc) is 2.72. The molecule has 4 rings (SSSR count). The number of carbonyl (C=O) groups excluding carboxylic acids is 1. The third-order valence-corrected chi connectivity index (χ3v) is 5.99. The number of hydrogen-bond acceptors (Lipinski definition) is 4. The molecule has 0 N–H and O–H groups in total. The molecule has 2 aromatic carbocycles. The first-order chi connectivity index (χ1) is 13.8. The fourth-order valence-corrected chi connectivity index (χ4v) is 4.45. The Labute approximate surface area is 170 Å². The highest BCUT2D eigenvalue weighted by Crippen LogP contribution is 2.34. The van der Waals surface area contributed by atoms with Gasteiger partial charge in [0.05, 0.1) is 10.8 Å². The van der Waals surface area contributed by atoms with E-state index < -0.39 is 17.3 Å². The molecule has 0 fully saturated rings. The molecule has 0 saturated carbocycles. The van der Waals surface area contributed by atoms with Crippen LogP contribution in [0.25, 0.3) is 10.9 Å². The molecule has 1 atom stereocenters. The number of hydrogen-bond donors (Lipinski definition) is 0. The highest BCUT2D eigenvalue weighted by molar-refractivity contribution is 8.00. The quantitative estimate of drug-likeness (QED) is 0.457. The van der Waals surface area contributed by atoms with Gasteiger partial charge in [0.15, 0.2) is 0 Å². The molecule has 0 bridgehead atoms. The van der Waals surface area contributed by atoms with E-state index in [1.54, 1.807) is 30.0 Å². The van der Waals surface area contributed by atoms with Crippen LogP contribution in [0.2, 0.25) is 0 Å². The number of thioether (sulfide) groups is 1. The van der Waals surface area contributed by atoms with E-state index >= 15 is 0 Å². The van der Waals surface area contributed by atoms with Crippen LogP contribution in [0.5, 0.6) is 0 Å². The Balaban J connectivity index is 1.59. The van der Waals surface area contributed by atoms with Crippen LogP contribution in [0.4, 0.5) is 13.2 Å². The summed E-state index contributed by atoms with van der Waals surface area (Å²) in [6.07, 6.45) is -3.88. The maximum Gasteiger partial charge on any atom is 0.451 e. The maximum atomic E-state index is 13.2. The van der Waals surface area contributed by atoms with Gasteiger partial charge >= 0.3 is 6.18 Å². The lowest BCUT2D eigenvalue weighted by atomic mass is 10.00. The zero-order valence-corrected chi connectivity index (χ0v) is 16.4. The topological polar surface area (TPSA) is 46.1 Å². The van der Waals surface area contributed by atoms with Crippen molar-refractivity contribution < 1.29 is 18.0 Å². The Morgan fingerprint density at radius 3 is 2.52 bits per heavy atom. The average molecular weight is 417 g/mol. The van der Waals surface area contributed by atoms with Crippen molar-refractivity contribution in [3.63, 3.8) is 0 Å². The predicted molar refractivity (Wildman–Crippen MR) is 105 cm³/mol. The third-order valence-electron chi connectivity index (χ3n) is 4.90. The van der Waals surface area contributed by atoms with E-state index in [4.69, 9.17) is 0 Å². The number of fused-ring (bicyclic) bond motifs is 2. The van der Waals surface area contributed by atoms with Crippen LogP contribution in [-0.4, -0.2) is 32.6 Å². The van der Waals surface area contributed by atoms with E-state index in [0.29, 0.717) is 18.5 Å². The lowest BCUT2D eigenvalue weighted by Crippen LogP contribution is -2.40. The Hall–Kier alpha value is -2.61. The molecule has 3 aromatic rings. The van der Waals surface area contributed by atoms with Gasteiger partial charge in [0.25, 0.3) is 0 Å². The van der Waals surface area contributed by atoms with Crippen LogP contribution in [0.15, 0.2) is 53.6 Å². The molecule has 1 aliphatic rings. The minimum atomic E-state index is -4.65. The van der Waals surface area contributed by atoms with Crippen LogP contribution < -0.4 is 0 Å². The molecular weight excluding hydrogens is 399 g/mol. The molecule has 1 amide bonds. The molecule has 0 aliphatic carbocycles. The Morgan fingerprint density at radius 1 is 1.07 bits per heavy atom. The van der Waals surface area contributed by atoms with E-state index in [2.05, 4.69) is 16.0 Å². The summed E-state index contributed by atoms with van der Waals surface area (Å²) < 4.78 is 39.6. The Morgan fingerprint density at radius 2 is 1.76 bits per heavy atom. The maximum absolute atomic E-state index is 13.2. The molecule has 2 heterocycles. The summed E-state index contributed by atoms with van der Waals surface area (Å²) >= 11 is 1.04. The summed E-state index contributed by atoms with van der Waals surface area (Å²) in [5, 5.41) is 0.106. The summed E-state index contributed by atoms with van der Waals surface area (Å²) in [7, 11) is 0. The van der Waals surface area contributed by atoms with Crippen molar-refractivity contribution in [2.45, 2.75) is 36.3 Å². The van der Waals surface area contributed by atoms with Crippen molar-refractivity contribution in [1.29, 1.82) is 0 Å². The number of halogens is 3. The molecule has 8 heteroatoms. The van der Waals surface area contributed by atoms with Gasteiger partial charge in [0.2, 0.25) is 11.7 Å². The minimum Gasteiger partial charge on any atom is -0.337 e. The second-order valence-corrected chi connectivity index (χ2v) is 8.24. The SMILES string of the molecule is C[C@H](Sc1nc(C(F)(F)F)nc2ccccc12)C(=O)N1CCc2ccccc2C1. The highest BCUT2D eigenvalue weighted by Gasteiger charge is 2.36. The van der Waals surface area contributed by atoms with Gasteiger partial charge in [-0.05, 0) is 30.5 Å². The monoisotopic (exact) mass is 417 g/mol. The number of benzene rings is 2. The van der Waals surface area contributed by atoms with Gasteiger partial charge in [-0.3, -0.25) is 4.79 Å². The molecular formula is C21H18F3N3OS. The summed E-state index contributed by atoms with van der Waals surface area (Å²) in [6.45, 7) is 2.81. The molecule has 150 valence electrons. The van der Waals surface area contributed by atoms with Crippen LogP contribution in [-0.2, 0) is 23.9 Å². The smallest absolute Gasteiger partial charge is 0.337 e. The highest BCUT2D eigenvalue weighted by atomic mass is 32.2. The summed E-state index contributed by atoms with van der Waals surface area (Å²) in [4.78, 5) is 22.1. The first kappa shape index (κ1) is 19.7. The van der Waals surface area contributed by atoms with E-state index in [0.717, 1.165) is 23.7 Å². The van der Waals surface area contributed by atoms with Crippen molar-refractivity contribution >= 4 is 28.6 Å². The number of alkyl halides is 3. The zero-order valence-electron chi connectivity index (χ0n) is 15.6. The zero-order chi connectivity index (χ0) is 20.6. The normalized spacial score (nSPS) is 15.2. The van der Waals surface area contributed by atoms with Crippen molar-refractivity contribution in [2.75, 3.05) is 6.54 Å². The summed E-state index contributed by atoms with van der Waals surface area (Å²) in [6, 6.07) is 14.5. The molecule has 4 nitrogen and oxygen atoms in total. The van der Waals surface area contributed by atoms with Crippen molar-refractivity contribution in [3.05, 3.63) is 65.5 Å². The van der Waals surface area contributed by atoms with E-state index in [-0.39, 0.29) is 16.4 Å². The lowest BCUT2D eigenvalue weighted by molar-refractivity contribution is -0.145. The number of para-hydroxylation sites is 1. The summed E-state index contributed by atoms with van der Waals surface area (Å²) in [5.74, 6) is -1.30. The van der Waals surface area contributed by atoms with Gasteiger partial charge in [-0.1, -0.05) is 54.2 Å². The number of amides is 1. The largest absolute Gasteiger partial charge is 0.451 e. The van der Waals surface area contributed by atoms with Gasteiger partial charge in [0, 0.05) is 18.5 Å². The van der Waals surface area contributed by atoms with Crippen LogP contribution in [0.3, 0.4) is 0 Å². The fraction of sp³-hybridized carbons (Fsp3) is 0.286. The standard InChI is InChI=1S/C21H18F3N3OS/c1-13(19(28)27-11-10-14-6-2-3-7-15(14)12-27)29-18-16-8-4-5-9-17(16)25-20(26-18)21(22,23)24/h2-9,13H,10-12H2,1H3/t13-/m0/s1. The van der Waals surface area contributed by atoms with Crippen molar-refractivity contribution in [2.24, 2.45) is 0 Å². The van der Waals surface area contributed by atoms with Gasteiger partial charge < -0.3 is 4.90 Å². The van der Waals surface area contributed by atoms with Crippen molar-refractivity contribution in [1.82, 2.24) is 14.9 Å². The molecule has 0 unspecified atom stereocenters. The first-order valence-corrected chi connectivity index (χ1v) is 10.1. The van der Waals surface area contributed by atoms with E-state index in [1.165, 1.54) is 11.6 Å². The second-order valence-electron chi connectivity index (χ2n) is 6.91. The Bertz CT molecular complexity index is 1070. The van der Waals surface area contributed by atoms with E-state index in [9.17, 15) is 18.0 Å². The van der Waals surface area contributed by atoms with Gasteiger partial charge in [-0.25, -0.2) is 9.97 Å². The molecule has 0 radical (unpaired) electrons. The van der Waals surface area contributed by atoms with E-state index in [1.807, 2.05) is 18.2 Å². The first-order valence-electron chi connectivity index (χ1n) is 9.19. The number of aromatic nitrogens is 2. The van der Waals surface area contributed by atoms with Gasteiger partial charge in [-0.15, -0.1) is 0 Å². The molecule has 0 spiro atoms. The van der Waals surface area contributed by atoms with Crippen molar-refractivity contribution in [3.8, 4) is 0 Å². The van der Waals surface area contributed by atoms with Crippen LogP contribution in [0, 0.1) is 0 Å². The third kappa shape index (κ3) is 4.07. The fourth-order valence-electron chi connectivity index (χ4n) is 3.42. The van der Waals surface area contributed by atoms with Gasteiger partial charge in [0.1, 0.15) is 5.03 Å². The second kappa shape index (κ2) is 7.67. The molecule has 1 aromatic heterocycles. The molecule has 1 aliphatic heterocycles. The number of carbonyl (C=O) groups is 1. The minimum absolute atomic E-state index is 0.110. The van der Waals surface area contributed by atoms with Gasteiger partial charge in [-0.2, -0.15) is 13.2 Å².